The number of fused-ring (bicyclic) bond motifs is 1. The Morgan fingerprint density at radius 3 is 2.31 bits per heavy atom. The number of hydrogen-bond donors (Lipinski definition) is 0. The van der Waals surface area contributed by atoms with Crippen molar-refractivity contribution in [2.45, 2.75) is 31.2 Å². The van der Waals surface area contributed by atoms with Crippen molar-refractivity contribution < 1.29 is 35.9 Å². The van der Waals surface area contributed by atoms with Gasteiger partial charge in [-0.3, -0.25) is 4.79 Å². The number of halogens is 6. The van der Waals surface area contributed by atoms with Gasteiger partial charge < -0.3 is 14.5 Å². The first-order chi connectivity index (χ1) is 13.5. The largest absolute Gasteiger partial charge is 0.469 e. The Morgan fingerprint density at radius 1 is 1.17 bits per heavy atom. The Balaban J connectivity index is 1.55. The predicted molar refractivity (Wildman–Crippen MR) is 88.2 cm³/mol. The highest BCUT2D eigenvalue weighted by atomic mass is 19.4. The molecule has 6 nitrogen and oxygen atoms in total. The summed E-state index contributed by atoms with van der Waals surface area (Å²) < 4.78 is 83.6. The molecule has 4 atom stereocenters. The molecule has 12 heteroatoms. The van der Waals surface area contributed by atoms with E-state index in [1.54, 1.807) is 4.90 Å². The molecule has 29 heavy (non-hydrogen) atoms. The van der Waals surface area contributed by atoms with E-state index < -0.39 is 30.0 Å². The number of piperidine rings is 1. The molecule has 3 heterocycles. The fourth-order valence-electron chi connectivity index (χ4n) is 4.24. The predicted octanol–water partition coefficient (Wildman–Crippen LogP) is 2.88. The van der Waals surface area contributed by atoms with E-state index in [1.807, 2.05) is 0 Å². The maximum atomic E-state index is 13.3. The number of alkyl halides is 6. The summed E-state index contributed by atoms with van der Waals surface area (Å²) in [6.07, 6.45) is -9.32. The molecule has 1 saturated carbocycles. The van der Waals surface area contributed by atoms with Gasteiger partial charge in [-0.25, -0.2) is 4.98 Å². The lowest BCUT2D eigenvalue weighted by Crippen LogP contribution is -2.56. The number of aromatic nitrogens is 2. The van der Waals surface area contributed by atoms with Crippen molar-refractivity contribution in [2.75, 3.05) is 36.5 Å². The summed E-state index contributed by atoms with van der Waals surface area (Å²) in [5.74, 6) is -0.556. The molecule has 2 saturated heterocycles. The van der Waals surface area contributed by atoms with Crippen LogP contribution in [-0.2, 0) is 15.7 Å². The summed E-state index contributed by atoms with van der Waals surface area (Å²) in [6.45, 7) is 0.725. The Bertz CT molecular complexity index is 802. The second-order valence-electron chi connectivity index (χ2n) is 7.63. The summed E-state index contributed by atoms with van der Waals surface area (Å²) in [4.78, 5) is 21.1. The van der Waals surface area contributed by atoms with Gasteiger partial charge in [-0.1, -0.05) is 0 Å². The highest BCUT2D eigenvalue weighted by Gasteiger charge is 2.57. The average Bonchev–Trinajstić information content (AvgIpc) is 3.00. The van der Waals surface area contributed by atoms with Crippen LogP contribution in [0.2, 0.25) is 0 Å². The van der Waals surface area contributed by atoms with Crippen LogP contribution in [0.25, 0.3) is 0 Å². The molecule has 1 aromatic rings. The Labute approximate surface area is 161 Å². The quantitative estimate of drug-likeness (QED) is 0.547. The van der Waals surface area contributed by atoms with E-state index in [-0.39, 0.29) is 48.9 Å². The maximum Gasteiger partial charge on any atom is 0.433 e. The molecule has 1 aromatic heterocycles. The van der Waals surface area contributed by atoms with Gasteiger partial charge in [0, 0.05) is 32.1 Å². The van der Waals surface area contributed by atoms with Gasteiger partial charge in [-0.2, -0.15) is 31.3 Å². The lowest BCUT2D eigenvalue weighted by atomic mass is 10.0. The van der Waals surface area contributed by atoms with Crippen LogP contribution < -0.4 is 9.80 Å². The number of nitrogens with zero attached hydrogens (tertiary/aromatic N) is 4. The monoisotopic (exact) mass is 424 g/mol. The molecule has 0 bridgehead atoms. The number of carbonyl (C=O) groups excluding carboxylic acids is 1. The normalized spacial score (nSPS) is 28.8. The molecule has 4 rings (SSSR count). The van der Waals surface area contributed by atoms with Gasteiger partial charge >= 0.3 is 18.3 Å². The SMILES string of the molecule is COC(=O)CC1[C@H]2CN(c3cc(C(F)(F)F)nc(N4CCC4C(F)(F)F)n3)C[C@@H]12. The summed E-state index contributed by atoms with van der Waals surface area (Å²) >= 11 is 0. The molecule has 160 valence electrons. The topological polar surface area (TPSA) is 58.6 Å². The molecule has 0 amide bonds. The van der Waals surface area contributed by atoms with Crippen LogP contribution in [0.4, 0.5) is 38.1 Å². The first-order valence-corrected chi connectivity index (χ1v) is 9.10. The van der Waals surface area contributed by atoms with Crippen LogP contribution in [0.15, 0.2) is 6.07 Å². The molecule has 2 unspecified atom stereocenters. The van der Waals surface area contributed by atoms with Crippen LogP contribution in [-0.4, -0.2) is 54.9 Å². The van der Waals surface area contributed by atoms with Crippen LogP contribution in [0.5, 0.6) is 0 Å². The van der Waals surface area contributed by atoms with Crippen LogP contribution in [0.3, 0.4) is 0 Å². The second-order valence-corrected chi connectivity index (χ2v) is 7.63. The van der Waals surface area contributed by atoms with E-state index in [0.29, 0.717) is 13.1 Å². The third kappa shape index (κ3) is 3.68. The minimum absolute atomic E-state index is 0.0424. The van der Waals surface area contributed by atoms with Crippen molar-refractivity contribution >= 4 is 17.7 Å². The van der Waals surface area contributed by atoms with Crippen molar-refractivity contribution in [3.63, 3.8) is 0 Å². The third-order valence-electron chi connectivity index (χ3n) is 5.97. The summed E-state index contributed by atoms with van der Waals surface area (Å²) in [7, 11) is 1.29. The van der Waals surface area contributed by atoms with E-state index in [9.17, 15) is 31.1 Å². The molecular weight excluding hydrogens is 406 g/mol. The van der Waals surface area contributed by atoms with E-state index in [1.165, 1.54) is 7.11 Å². The molecule has 3 fully saturated rings. The summed E-state index contributed by atoms with van der Waals surface area (Å²) in [6, 6.07) is -1.11. The molecule has 1 aliphatic carbocycles. The number of carbonyl (C=O) groups is 1. The van der Waals surface area contributed by atoms with Crippen molar-refractivity contribution in [2.24, 2.45) is 17.8 Å². The van der Waals surface area contributed by atoms with Crippen LogP contribution in [0, 0.1) is 17.8 Å². The number of rotatable bonds is 4. The maximum absolute atomic E-state index is 13.3. The van der Waals surface area contributed by atoms with E-state index in [0.717, 1.165) is 11.0 Å². The number of ether oxygens (including phenoxy) is 1. The molecule has 0 N–H and O–H groups in total. The van der Waals surface area contributed by atoms with Gasteiger partial charge in [0.05, 0.1) is 7.11 Å². The Morgan fingerprint density at radius 2 is 1.83 bits per heavy atom. The van der Waals surface area contributed by atoms with Crippen molar-refractivity contribution in [3.8, 4) is 0 Å². The van der Waals surface area contributed by atoms with Crippen LogP contribution in [0.1, 0.15) is 18.5 Å². The number of esters is 1. The minimum atomic E-state index is -4.80. The summed E-state index contributed by atoms with van der Waals surface area (Å²) in [5, 5.41) is 0. The molecule has 3 aliphatic rings. The average molecular weight is 424 g/mol. The molecular formula is C17H18F6N4O2. The number of hydrogen-bond acceptors (Lipinski definition) is 6. The highest BCUT2D eigenvalue weighted by molar-refractivity contribution is 5.70. The number of methoxy groups -OCH3 is 1. The van der Waals surface area contributed by atoms with Gasteiger partial charge in [0.1, 0.15) is 11.9 Å². The Kier molecular flexibility index (Phi) is 4.57. The zero-order valence-corrected chi connectivity index (χ0v) is 15.3. The van der Waals surface area contributed by atoms with E-state index in [4.69, 9.17) is 0 Å². The Hall–Kier alpha value is -2.27. The van der Waals surface area contributed by atoms with Gasteiger partial charge in [0.2, 0.25) is 5.95 Å². The van der Waals surface area contributed by atoms with Gasteiger partial charge in [0.15, 0.2) is 5.69 Å². The first kappa shape index (κ1) is 20.0. The fourth-order valence-corrected chi connectivity index (χ4v) is 4.24. The fraction of sp³-hybridized carbons (Fsp3) is 0.706. The van der Waals surface area contributed by atoms with E-state index in [2.05, 4.69) is 14.7 Å². The first-order valence-electron chi connectivity index (χ1n) is 9.10. The second kappa shape index (κ2) is 6.63. The van der Waals surface area contributed by atoms with E-state index >= 15 is 0 Å². The lowest BCUT2D eigenvalue weighted by Gasteiger charge is -2.42. The molecule has 0 aromatic carbocycles. The van der Waals surface area contributed by atoms with Gasteiger partial charge in [-0.15, -0.1) is 0 Å². The third-order valence-corrected chi connectivity index (χ3v) is 5.97. The lowest BCUT2D eigenvalue weighted by molar-refractivity contribution is -0.160. The zero-order chi connectivity index (χ0) is 21.1. The highest BCUT2D eigenvalue weighted by Crippen LogP contribution is 2.54. The molecule has 0 radical (unpaired) electrons. The zero-order valence-electron chi connectivity index (χ0n) is 15.3. The minimum Gasteiger partial charge on any atom is -0.469 e. The number of anilines is 2. The van der Waals surface area contributed by atoms with Crippen LogP contribution >= 0.6 is 0 Å². The van der Waals surface area contributed by atoms with Gasteiger partial charge in [0.25, 0.3) is 0 Å². The van der Waals surface area contributed by atoms with Crippen molar-refractivity contribution in [1.82, 2.24) is 9.97 Å². The molecule has 2 aliphatic heterocycles. The standard InChI is InChI=1S/C17H18F6N4O2/c1-29-14(28)4-8-9-6-26(7-10(8)9)13-5-11(16(18,19)20)24-15(25-13)27-3-2-12(27)17(21,22)23/h5,8-10,12H,2-4,6-7H2,1H3/t8?,9-,10+,12?. The molecule has 0 spiro atoms. The van der Waals surface area contributed by atoms with Crippen molar-refractivity contribution in [1.29, 1.82) is 0 Å². The van der Waals surface area contributed by atoms with Gasteiger partial charge in [-0.05, 0) is 24.2 Å². The smallest absolute Gasteiger partial charge is 0.433 e. The van der Waals surface area contributed by atoms with Crippen molar-refractivity contribution in [3.05, 3.63) is 11.8 Å². The summed E-state index contributed by atoms with van der Waals surface area (Å²) in [5.41, 5.74) is -1.27.